The number of carbonyl (C=O) groups excluding carboxylic acids is 5. The molecule has 0 radical (unpaired) electrons. The Morgan fingerprint density at radius 3 is 2.25 bits per heavy atom. The lowest BCUT2D eigenvalue weighted by Gasteiger charge is -2.45. The van der Waals surface area contributed by atoms with E-state index in [4.69, 9.17) is 21.4 Å². The Morgan fingerprint density at radius 2 is 1.57 bits per heavy atom. The van der Waals surface area contributed by atoms with E-state index in [0.717, 1.165) is 11.3 Å². The molecule has 4 aliphatic rings. The van der Waals surface area contributed by atoms with Crippen molar-refractivity contribution in [3.05, 3.63) is 93.3 Å². The van der Waals surface area contributed by atoms with Crippen molar-refractivity contribution in [3.8, 4) is 16.2 Å². The third-order valence-corrected chi connectivity index (χ3v) is 16.9. The van der Waals surface area contributed by atoms with Crippen LogP contribution in [0.15, 0.2) is 66.7 Å². The molecular formula is C48H51ClN6O12S2. The van der Waals surface area contributed by atoms with Crippen molar-refractivity contribution in [1.82, 2.24) is 14.5 Å². The summed E-state index contributed by atoms with van der Waals surface area (Å²) in [5.74, 6) is -5.48. The van der Waals surface area contributed by atoms with Crippen LogP contribution in [-0.4, -0.2) is 100 Å². The molecule has 4 aromatic rings. The van der Waals surface area contributed by atoms with Gasteiger partial charge in [0.2, 0.25) is 33.7 Å². The summed E-state index contributed by atoms with van der Waals surface area (Å²) in [4.78, 5) is 89.1. The summed E-state index contributed by atoms with van der Waals surface area (Å²) in [7, 11) is -3.83. The zero-order valence-corrected chi connectivity index (χ0v) is 40.1. The molecule has 2 saturated heterocycles. The Balaban J connectivity index is 0.828. The number of piperidine rings is 2. The Morgan fingerprint density at radius 1 is 0.884 bits per heavy atom. The van der Waals surface area contributed by atoms with Crippen LogP contribution in [0.4, 0.5) is 17.1 Å². The molecule has 0 spiro atoms. The first kappa shape index (κ1) is 49.1. The highest BCUT2D eigenvalue weighted by molar-refractivity contribution is 7.88. The molecule has 5 amide bonds. The monoisotopic (exact) mass is 1000 g/mol. The normalized spacial score (nSPS) is 21.5. The maximum absolute atomic E-state index is 14.0. The SMILES string of the molecule is CC1(C)C[C@@H](Nc2cccc(-c3sc(C(=O)O)c(OCC(=O)O)c3Cl)c2)CCN1S(=O)(=O)Cc1cccc(NC(=O)C2CCC(C(=O)Nc3cccc4c3CN(C3CCC(=O)NC3=O)C4=O)CC2)c1. The first-order valence-electron chi connectivity index (χ1n) is 22.5. The number of aliphatic carboxylic acids is 1. The van der Waals surface area contributed by atoms with Crippen molar-refractivity contribution in [2.24, 2.45) is 11.8 Å². The summed E-state index contributed by atoms with van der Waals surface area (Å²) in [6.07, 6.45) is 3.15. The molecule has 3 fully saturated rings. The second-order valence-electron chi connectivity index (χ2n) is 18.4. The summed E-state index contributed by atoms with van der Waals surface area (Å²) in [6, 6.07) is 18.1. The van der Waals surface area contributed by atoms with Crippen LogP contribution in [0, 0.1) is 11.8 Å². The number of thiophene rings is 1. The minimum Gasteiger partial charge on any atom is -0.479 e. The third-order valence-electron chi connectivity index (χ3n) is 13.1. The third kappa shape index (κ3) is 10.8. The van der Waals surface area contributed by atoms with Crippen molar-refractivity contribution in [2.45, 2.75) is 95.1 Å². The fraction of sp³-hybridized carbons (Fsp3) is 0.396. The fourth-order valence-electron chi connectivity index (χ4n) is 9.82. The molecule has 1 aliphatic carbocycles. The molecular weight excluding hydrogens is 952 g/mol. The van der Waals surface area contributed by atoms with E-state index in [0.29, 0.717) is 82.7 Å². The smallest absolute Gasteiger partial charge is 0.349 e. The van der Waals surface area contributed by atoms with E-state index in [1.54, 1.807) is 60.7 Å². The summed E-state index contributed by atoms with van der Waals surface area (Å²) < 4.78 is 34.8. The van der Waals surface area contributed by atoms with Crippen molar-refractivity contribution >= 4 is 91.5 Å². The number of nitrogens with one attached hydrogen (secondary N) is 4. The lowest BCUT2D eigenvalue weighted by molar-refractivity contribution is -0.139. The number of fused-ring (bicyclic) bond motifs is 1. The van der Waals surface area contributed by atoms with E-state index in [1.807, 2.05) is 19.9 Å². The second-order valence-corrected chi connectivity index (χ2v) is 21.7. The van der Waals surface area contributed by atoms with Crippen LogP contribution < -0.4 is 26.0 Å². The van der Waals surface area contributed by atoms with Crippen LogP contribution in [0.25, 0.3) is 10.4 Å². The van der Waals surface area contributed by atoms with Gasteiger partial charge >= 0.3 is 11.9 Å². The van der Waals surface area contributed by atoms with Crippen LogP contribution in [0.5, 0.6) is 5.75 Å². The van der Waals surface area contributed by atoms with Gasteiger partial charge in [0.15, 0.2) is 17.2 Å². The molecule has 2 atom stereocenters. The predicted molar refractivity (Wildman–Crippen MR) is 257 cm³/mol. The van der Waals surface area contributed by atoms with Gasteiger partial charge in [-0.3, -0.25) is 29.3 Å². The topological polar surface area (TPSA) is 258 Å². The van der Waals surface area contributed by atoms with Gasteiger partial charge in [-0.25, -0.2) is 18.0 Å². The molecule has 69 heavy (non-hydrogen) atoms. The van der Waals surface area contributed by atoms with Crippen LogP contribution in [0.1, 0.15) is 96.4 Å². The van der Waals surface area contributed by atoms with Crippen LogP contribution in [0.3, 0.4) is 0 Å². The van der Waals surface area contributed by atoms with Gasteiger partial charge in [-0.15, -0.1) is 11.3 Å². The zero-order chi connectivity index (χ0) is 49.4. The van der Waals surface area contributed by atoms with E-state index < -0.39 is 46.1 Å². The predicted octanol–water partition coefficient (Wildman–Crippen LogP) is 6.56. The standard InChI is InChI=1S/C48H51ClN6O12S2/c1-48(2)22-32(50-31-9-4-7-29(21-31)41-39(49)40(67-24-38(57)58)42(68-41)47(63)64)18-19-55(48)69(65,66)25-26-6-3-8-30(20-26)51-43(59)27-12-14-28(15-13-27)44(60)52-35-11-5-10-33-34(35)23-54(46(33)62)36-16-17-37(56)53-45(36)61/h3-11,20-21,27-28,32,36,50H,12-19,22-25H2,1-2H3,(H,51,59)(H,52,60)(H,57,58)(H,63,64)(H,53,56,61)/t27?,28?,32-,36?/m0/s1. The summed E-state index contributed by atoms with van der Waals surface area (Å²) in [5.41, 5.74) is 2.96. The van der Waals surface area contributed by atoms with Gasteiger partial charge in [0.05, 0.1) is 10.6 Å². The quantitative estimate of drug-likeness (QED) is 0.0691. The number of hydrogen-bond acceptors (Lipinski definition) is 12. The zero-order valence-electron chi connectivity index (χ0n) is 37.7. The molecule has 0 bridgehead atoms. The van der Waals surface area contributed by atoms with Crippen LogP contribution in [0.2, 0.25) is 5.02 Å². The number of rotatable bonds is 15. The number of carboxylic acids is 2. The molecule has 1 aromatic heterocycles. The number of aromatic carboxylic acids is 1. The Labute approximate surface area is 406 Å². The van der Waals surface area contributed by atoms with Crippen LogP contribution in [-0.2, 0) is 46.3 Å². The average molecular weight is 1000 g/mol. The van der Waals surface area contributed by atoms with Crippen molar-refractivity contribution < 1.29 is 56.9 Å². The molecule has 3 aliphatic heterocycles. The number of amides is 5. The fourth-order valence-corrected chi connectivity index (χ4v) is 13.2. The van der Waals surface area contributed by atoms with Gasteiger partial charge in [0, 0.05) is 71.1 Å². The van der Waals surface area contributed by atoms with E-state index >= 15 is 0 Å². The molecule has 18 nitrogen and oxygen atoms in total. The number of hydrogen-bond donors (Lipinski definition) is 6. The molecule has 364 valence electrons. The number of benzene rings is 3. The Bertz CT molecular complexity index is 2860. The molecule has 6 N–H and O–H groups in total. The van der Waals surface area contributed by atoms with Gasteiger partial charge in [-0.2, -0.15) is 4.31 Å². The number of sulfonamides is 1. The summed E-state index contributed by atoms with van der Waals surface area (Å²) in [6.45, 7) is 3.35. The lowest BCUT2D eigenvalue weighted by atomic mass is 9.81. The number of ether oxygens (including phenoxy) is 1. The Kier molecular flexibility index (Phi) is 14.2. The Hall–Kier alpha value is -6.35. The van der Waals surface area contributed by atoms with Gasteiger partial charge < -0.3 is 35.8 Å². The minimum atomic E-state index is -3.83. The van der Waals surface area contributed by atoms with Gasteiger partial charge in [0.25, 0.3) is 5.91 Å². The maximum atomic E-state index is 14.0. The van der Waals surface area contributed by atoms with Gasteiger partial charge in [-0.05, 0) is 106 Å². The van der Waals surface area contributed by atoms with Crippen molar-refractivity contribution in [1.29, 1.82) is 0 Å². The summed E-state index contributed by atoms with van der Waals surface area (Å²) in [5, 5.41) is 30.5. The minimum absolute atomic E-state index is 0.0101. The molecule has 1 unspecified atom stereocenters. The number of carbonyl (C=O) groups is 7. The highest BCUT2D eigenvalue weighted by Crippen LogP contribution is 2.46. The molecule has 21 heteroatoms. The maximum Gasteiger partial charge on any atom is 0.349 e. The first-order valence-corrected chi connectivity index (χ1v) is 25.3. The van der Waals surface area contributed by atoms with Crippen LogP contribution >= 0.6 is 22.9 Å². The van der Waals surface area contributed by atoms with Crippen molar-refractivity contribution in [3.63, 3.8) is 0 Å². The number of nitrogens with zero attached hydrogens (tertiary/aromatic N) is 2. The summed E-state index contributed by atoms with van der Waals surface area (Å²) >= 11 is 7.39. The highest BCUT2D eigenvalue weighted by atomic mass is 35.5. The van der Waals surface area contributed by atoms with E-state index in [2.05, 4.69) is 21.3 Å². The number of imide groups is 1. The molecule has 4 heterocycles. The van der Waals surface area contributed by atoms with E-state index in [-0.39, 0.29) is 88.8 Å². The largest absolute Gasteiger partial charge is 0.479 e. The molecule has 8 rings (SSSR count). The highest BCUT2D eigenvalue weighted by Gasteiger charge is 2.43. The number of halogens is 1. The first-order chi connectivity index (χ1) is 32.8. The van der Waals surface area contributed by atoms with Gasteiger partial charge in [-0.1, -0.05) is 41.9 Å². The molecule has 1 saturated carbocycles. The van der Waals surface area contributed by atoms with E-state index in [1.165, 1.54) is 9.21 Å². The van der Waals surface area contributed by atoms with Gasteiger partial charge in [0.1, 0.15) is 11.1 Å². The average Bonchev–Trinajstić information content (AvgIpc) is 3.81. The molecule has 3 aromatic carbocycles. The number of carboxylic acid groups (broad SMARTS) is 2. The number of anilines is 3. The van der Waals surface area contributed by atoms with E-state index in [9.17, 15) is 47.1 Å². The lowest BCUT2D eigenvalue weighted by Crippen LogP contribution is -2.55. The second kappa shape index (κ2) is 19.9. The van der Waals surface area contributed by atoms with Crippen molar-refractivity contribution in [2.75, 3.05) is 29.1 Å².